The fourth-order valence-corrected chi connectivity index (χ4v) is 1.99. The van der Waals surface area contributed by atoms with Crippen LogP contribution in [-0.4, -0.2) is 16.7 Å². The van der Waals surface area contributed by atoms with E-state index < -0.39 is 5.54 Å². The van der Waals surface area contributed by atoms with Gasteiger partial charge in [0.15, 0.2) is 0 Å². The van der Waals surface area contributed by atoms with Crippen molar-refractivity contribution in [2.45, 2.75) is 25.8 Å². The highest BCUT2D eigenvalue weighted by atomic mass is 16.6. The number of hydrogen-bond donors (Lipinski definition) is 0. The summed E-state index contributed by atoms with van der Waals surface area (Å²) in [4.78, 5) is 21.3. The molecule has 114 valence electrons. The highest BCUT2D eigenvalue weighted by molar-refractivity contribution is 5.74. The number of hydrogen-bond acceptors (Lipinski definition) is 4. The molecule has 5 heteroatoms. The van der Waals surface area contributed by atoms with Gasteiger partial charge in [-0.25, -0.2) is 0 Å². The minimum absolute atomic E-state index is 0.272. The number of nitro groups is 1. The highest BCUT2D eigenvalue weighted by Crippen LogP contribution is 2.23. The van der Waals surface area contributed by atoms with Crippen LogP contribution >= 0.6 is 0 Å². The molecular formula is C17H17NO4. The number of nitrogens with zero attached hydrogens (tertiary/aromatic N) is 1. The number of carbonyl (C=O) groups is 1. The SMILES string of the molecule is CC(C)(Cc1ccc(Oc2ccc(C=O)cc2)cc1)[N+](=O)[O-]. The number of carbonyl (C=O) groups excluding carboxylic acids is 1. The molecule has 0 heterocycles. The van der Waals surface area contributed by atoms with Gasteiger partial charge in [-0.05, 0) is 42.0 Å². The number of ether oxygens (including phenoxy) is 1. The first-order valence-corrected chi connectivity index (χ1v) is 6.87. The molecule has 0 amide bonds. The van der Waals surface area contributed by atoms with Crippen LogP contribution in [0.5, 0.6) is 11.5 Å². The second-order valence-electron chi connectivity index (χ2n) is 5.68. The minimum Gasteiger partial charge on any atom is -0.457 e. The molecule has 0 N–H and O–H groups in total. The third kappa shape index (κ3) is 3.91. The predicted octanol–water partition coefficient (Wildman–Crippen LogP) is 3.89. The van der Waals surface area contributed by atoms with Crippen molar-refractivity contribution < 1.29 is 14.5 Å². The normalized spacial score (nSPS) is 11.0. The third-order valence-corrected chi connectivity index (χ3v) is 3.31. The minimum atomic E-state index is -0.993. The number of aldehydes is 1. The predicted molar refractivity (Wildman–Crippen MR) is 83.1 cm³/mol. The van der Waals surface area contributed by atoms with Gasteiger partial charge in [-0.2, -0.15) is 0 Å². The molecule has 0 saturated carbocycles. The van der Waals surface area contributed by atoms with Crippen molar-refractivity contribution in [1.82, 2.24) is 0 Å². The Labute approximate surface area is 128 Å². The van der Waals surface area contributed by atoms with Crippen LogP contribution < -0.4 is 4.74 Å². The largest absolute Gasteiger partial charge is 0.457 e. The van der Waals surface area contributed by atoms with Crippen molar-refractivity contribution in [3.63, 3.8) is 0 Å². The Kier molecular flexibility index (Phi) is 4.56. The van der Waals surface area contributed by atoms with Crippen molar-refractivity contribution in [2.24, 2.45) is 0 Å². The van der Waals surface area contributed by atoms with Gasteiger partial charge < -0.3 is 4.74 Å². The maximum atomic E-state index is 10.9. The molecule has 2 aromatic carbocycles. The third-order valence-electron chi connectivity index (χ3n) is 3.31. The van der Waals surface area contributed by atoms with E-state index in [4.69, 9.17) is 4.74 Å². The van der Waals surface area contributed by atoms with Gasteiger partial charge >= 0.3 is 0 Å². The van der Waals surface area contributed by atoms with E-state index in [2.05, 4.69) is 0 Å². The monoisotopic (exact) mass is 299 g/mol. The summed E-state index contributed by atoms with van der Waals surface area (Å²) in [7, 11) is 0. The average molecular weight is 299 g/mol. The molecule has 0 saturated heterocycles. The lowest BCUT2D eigenvalue weighted by Gasteiger charge is -2.15. The first-order chi connectivity index (χ1) is 10.4. The molecule has 0 atom stereocenters. The van der Waals surface area contributed by atoms with Crippen molar-refractivity contribution in [3.05, 3.63) is 69.8 Å². The Morgan fingerprint density at radius 3 is 2.00 bits per heavy atom. The highest BCUT2D eigenvalue weighted by Gasteiger charge is 2.30. The van der Waals surface area contributed by atoms with Gasteiger partial charge in [-0.1, -0.05) is 12.1 Å². The van der Waals surface area contributed by atoms with Gasteiger partial charge in [0.1, 0.15) is 17.8 Å². The summed E-state index contributed by atoms with van der Waals surface area (Å²) in [6.07, 6.45) is 1.13. The van der Waals surface area contributed by atoms with Crippen LogP contribution in [0, 0.1) is 10.1 Å². The first kappa shape index (κ1) is 15.7. The maximum Gasteiger partial charge on any atom is 0.220 e. The van der Waals surface area contributed by atoms with Crippen LogP contribution in [-0.2, 0) is 6.42 Å². The molecule has 5 nitrogen and oxygen atoms in total. The zero-order valence-corrected chi connectivity index (χ0v) is 12.5. The lowest BCUT2D eigenvalue weighted by molar-refractivity contribution is -0.560. The van der Waals surface area contributed by atoms with Gasteiger partial charge in [0.25, 0.3) is 0 Å². The van der Waals surface area contributed by atoms with Crippen LogP contribution in [0.2, 0.25) is 0 Å². The molecule has 0 aromatic heterocycles. The fourth-order valence-electron chi connectivity index (χ4n) is 1.99. The molecule has 2 aromatic rings. The molecule has 2 rings (SSSR count). The lowest BCUT2D eigenvalue weighted by Crippen LogP contribution is -2.33. The Hall–Kier alpha value is -2.69. The van der Waals surface area contributed by atoms with Gasteiger partial charge in [0.05, 0.1) is 0 Å². The molecule has 0 radical (unpaired) electrons. The van der Waals surface area contributed by atoms with E-state index in [1.807, 2.05) is 12.1 Å². The molecule has 0 aliphatic rings. The van der Waals surface area contributed by atoms with E-state index in [0.717, 1.165) is 11.8 Å². The number of rotatable bonds is 6. The van der Waals surface area contributed by atoms with Crippen molar-refractivity contribution >= 4 is 6.29 Å². The summed E-state index contributed by atoms with van der Waals surface area (Å²) in [5.74, 6) is 1.27. The summed E-state index contributed by atoms with van der Waals surface area (Å²) in [5.41, 5.74) is 0.475. The van der Waals surface area contributed by atoms with Crippen LogP contribution in [0.25, 0.3) is 0 Å². The molecule has 0 bridgehead atoms. The topological polar surface area (TPSA) is 69.4 Å². The second kappa shape index (κ2) is 6.39. The quantitative estimate of drug-likeness (QED) is 0.461. The lowest BCUT2D eigenvalue weighted by atomic mass is 9.96. The summed E-state index contributed by atoms with van der Waals surface area (Å²) in [6, 6.07) is 14.0. The van der Waals surface area contributed by atoms with E-state index in [9.17, 15) is 14.9 Å². The summed E-state index contributed by atoms with van der Waals surface area (Å²) >= 11 is 0. The van der Waals surface area contributed by atoms with Crippen LogP contribution in [0.1, 0.15) is 29.8 Å². The molecule has 0 unspecified atom stereocenters. The molecule has 22 heavy (non-hydrogen) atoms. The van der Waals surface area contributed by atoms with Gasteiger partial charge in [0, 0.05) is 30.8 Å². The van der Waals surface area contributed by atoms with Crippen molar-refractivity contribution in [3.8, 4) is 11.5 Å². The summed E-state index contributed by atoms with van der Waals surface area (Å²) in [6.45, 7) is 3.21. The Morgan fingerprint density at radius 2 is 1.55 bits per heavy atom. The maximum absolute atomic E-state index is 10.9. The standard InChI is InChI=1S/C17H17NO4/c1-17(2,18(20)21)11-13-3-7-15(8-4-13)22-16-9-5-14(12-19)6-10-16/h3-10,12H,11H2,1-2H3. The van der Waals surface area contributed by atoms with Crippen molar-refractivity contribution in [1.29, 1.82) is 0 Å². The molecule has 0 fully saturated rings. The van der Waals surface area contributed by atoms with E-state index in [-0.39, 0.29) is 4.92 Å². The average Bonchev–Trinajstić information content (AvgIpc) is 2.49. The first-order valence-electron chi connectivity index (χ1n) is 6.87. The smallest absolute Gasteiger partial charge is 0.220 e. The Morgan fingerprint density at radius 1 is 1.05 bits per heavy atom. The molecule has 0 aliphatic heterocycles. The molecular weight excluding hydrogens is 282 g/mol. The van der Waals surface area contributed by atoms with Crippen LogP contribution in [0.4, 0.5) is 0 Å². The zero-order valence-electron chi connectivity index (χ0n) is 12.5. The van der Waals surface area contributed by atoms with Crippen LogP contribution in [0.15, 0.2) is 48.5 Å². The molecule has 0 spiro atoms. The molecule has 0 aliphatic carbocycles. The van der Waals surface area contributed by atoms with E-state index in [1.165, 1.54) is 0 Å². The number of benzene rings is 2. The van der Waals surface area contributed by atoms with Crippen molar-refractivity contribution in [2.75, 3.05) is 0 Å². The van der Waals surface area contributed by atoms with Crippen LogP contribution in [0.3, 0.4) is 0 Å². The van der Waals surface area contributed by atoms with Gasteiger partial charge in [-0.3, -0.25) is 14.9 Å². The fraction of sp³-hybridized carbons (Fsp3) is 0.235. The summed E-state index contributed by atoms with van der Waals surface area (Å²) in [5, 5.41) is 10.9. The Bertz CT molecular complexity index is 660. The second-order valence-corrected chi connectivity index (χ2v) is 5.68. The van der Waals surface area contributed by atoms with E-state index in [1.54, 1.807) is 50.2 Å². The van der Waals surface area contributed by atoms with E-state index in [0.29, 0.717) is 23.5 Å². The van der Waals surface area contributed by atoms with Gasteiger partial charge in [-0.15, -0.1) is 0 Å². The zero-order chi connectivity index (χ0) is 16.2. The Balaban J connectivity index is 2.05. The van der Waals surface area contributed by atoms with E-state index >= 15 is 0 Å². The summed E-state index contributed by atoms with van der Waals surface area (Å²) < 4.78 is 5.66. The van der Waals surface area contributed by atoms with Gasteiger partial charge in [0.2, 0.25) is 5.54 Å².